The maximum absolute atomic E-state index is 10.8. The Morgan fingerprint density at radius 2 is 2.45 bits per heavy atom. The highest BCUT2D eigenvalue weighted by Gasteiger charge is 2.45. The van der Waals surface area contributed by atoms with Crippen LogP contribution in [-0.2, 0) is 4.79 Å². The zero-order chi connectivity index (χ0) is 7.90. The van der Waals surface area contributed by atoms with Crippen molar-refractivity contribution in [3.05, 3.63) is 0 Å². The van der Waals surface area contributed by atoms with Crippen molar-refractivity contribution < 1.29 is 9.90 Å². The average Bonchev–Trinajstić information content (AvgIpc) is 2.08. The molecule has 11 heavy (non-hydrogen) atoms. The van der Waals surface area contributed by atoms with Gasteiger partial charge in [-0.3, -0.25) is 10.1 Å². The first-order valence-corrected chi connectivity index (χ1v) is 3.95. The summed E-state index contributed by atoms with van der Waals surface area (Å²) in [6.07, 6.45) is 1.75. The van der Waals surface area contributed by atoms with Crippen LogP contribution in [0.3, 0.4) is 0 Å². The molecule has 0 radical (unpaired) electrons. The van der Waals surface area contributed by atoms with E-state index in [9.17, 15) is 4.79 Å². The van der Waals surface area contributed by atoms with Crippen LogP contribution in [0.5, 0.6) is 0 Å². The van der Waals surface area contributed by atoms with Gasteiger partial charge in [-0.2, -0.15) is 0 Å². The van der Waals surface area contributed by atoms with Crippen LogP contribution in [0.2, 0.25) is 0 Å². The lowest BCUT2D eigenvalue weighted by Gasteiger charge is -2.44. The number of carboxylic acid groups (broad SMARTS) is 1. The molecule has 3 aliphatic heterocycles. The maximum Gasteiger partial charge on any atom is 0.325 e. The van der Waals surface area contributed by atoms with Crippen LogP contribution in [0.25, 0.3) is 0 Å². The van der Waals surface area contributed by atoms with Crippen molar-refractivity contribution in [2.75, 3.05) is 13.1 Å². The highest BCUT2D eigenvalue weighted by Crippen LogP contribution is 2.24. The van der Waals surface area contributed by atoms with Gasteiger partial charge in [0.25, 0.3) is 0 Å². The lowest BCUT2D eigenvalue weighted by molar-refractivity contribution is -0.147. The van der Waals surface area contributed by atoms with Gasteiger partial charge < -0.3 is 10.4 Å². The fourth-order valence-corrected chi connectivity index (χ4v) is 1.83. The van der Waals surface area contributed by atoms with Crippen molar-refractivity contribution in [1.29, 1.82) is 0 Å². The van der Waals surface area contributed by atoms with Crippen LogP contribution in [0.15, 0.2) is 0 Å². The van der Waals surface area contributed by atoms with E-state index in [1.54, 1.807) is 0 Å². The van der Waals surface area contributed by atoms with Gasteiger partial charge in [-0.15, -0.1) is 0 Å². The smallest absolute Gasteiger partial charge is 0.325 e. The fourth-order valence-electron chi connectivity index (χ4n) is 1.83. The predicted molar refractivity (Wildman–Crippen MR) is 39.4 cm³/mol. The molecule has 3 rings (SSSR count). The first-order valence-electron chi connectivity index (χ1n) is 3.95. The monoisotopic (exact) mass is 156 g/mol. The zero-order valence-electron chi connectivity index (χ0n) is 6.26. The molecule has 0 aliphatic carbocycles. The number of piperazine rings is 1. The molecular weight excluding hydrogens is 144 g/mol. The molecule has 2 unspecified atom stereocenters. The van der Waals surface area contributed by atoms with Gasteiger partial charge in [0.2, 0.25) is 0 Å². The number of fused-ring (bicyclic) bond motifs is 3. The lowest BCUT2D eigenvalue weighted by atomic mass is 9.82. The van der Waals surface area contributed by atoms with Gasteiger partial charge in [0, 0.05) is 19.1 Å². The minimum absolute atomic E-state index is 0.497. The third kappa shape index (κ3) is 0.937. The van der Waals surface area contributed by atoms with Crippen molar-refractivity contribution in [2.24, 2.45) is 0 Å². The van der Waals surface area contributed by atoms with Crippen LogP contribution < -0.4 is 10.6 Å². The molecular formula is C7H12N2O2. The largest absolute Gasteiger partial charge is 0.480 e. The Morgan fingerprint density at radius 3 is 2.73 bits per heavy atom. The summed E-state index contributed by atoms with van der Waals surface area (Å²) in [6.45, 7) is 1.37. The van der Waals surface area contributed by atoms with Crippen molar-refractivity contribution in [1.82, 2.24) is 10.6 Å². The van der Waals surface area contributed by atoms with E-state index in [0.717, 1.165) is 19.4 Å². The van der Waals surface area contributed by atoms with E-state index in [-0.39, 0.29) is 0 Å². The maximum atomic E-state index is 10.8. The quantitative estimate of drug-likeness (QED) is 0.463. The Kier molecular flexibility index (Phi) is 1.40. The SMILES string of the molecule is O=C(O)C12CCC(CN1)NC2. The molecule has 3 heterocycles. The molecule has 0 spiro atoms. The summed E-state index contributed by atoms with van der Waals surface area (Å²) < 4.78 is 0. The minimum atomic E-state index is -0.719. The normalized spacial score (nSPS) is 42.4. The van der Waals surface area contributed by atoms with E-state index in [2.05, 4.69) is 10.6 Å². The highest BCUT2D eigenvalue weighted by molar-refractivity contribution is 5.79. The standard InChI is InChI=1S/C7H12N2O2/c10-6(11)7-2-1-5(3-9-7)8-4-7/h5,8-9H,1-4H2,(H,10,11). The van der Waals surface area contributed by atoms with Crippen LogP contribution in [-0.4, -0.2) is 35.7 Å². The van der Waals surface area contributed by atoms with E-state index in [1.165, 1.54) is 0 Å². The second kappa shape index (κ2) is 2.19. The second-order valence-corrected chi connectivity index (χ2v) is 3.38. The van der Waals surface area contributed by atoms with E-state index in [4.69, 9.17) is 5.11 Å². The number of aliphatic carboxylic acids is 1. The summed E-state index contributed by atoms with van der Waals surface area (Å²) in [5, 5.41) is 15.2. The third-order valence-corrected chi connectivity index (χ3v) is 2.71. The van der Waals surface area contributed by atoms with E-state index in [0.29, 0.717) is 12.6 Å². The molecule has 3 aliphatic rings. The van der Waals surface area contributed by atoms with Crippen molar-refractivity contribution >= 4 is 5.97 Å². The molecule has 2 atom stereocenters. The molecule has 4 heteroatoms. The Hall–Kier alpha value is -0.610. The van der Waals surface area contributed by atoms with Gasteiger partial charge in [0.05, 0.1) is 0 Å². The Labute approximate surface area is 65.0 Å². The van der Waals surface area contributed by atoms with Crippen molar-refractivity contribution in [3.63, 3.8) is 0 Å². The Bertz CT molecular complexity index is 171. The fraction of sp³-hybridized carbons (Fsp3) is 0.857. The highest BCUT2D eigenvalue weighted by atomic mass is 16.4. The topological polar surface area (TPSA) is 61.4 Å². The molecule has 0 aromatic heterocycles. The number of carboxylic acids is 1. The molecule has 3 saturated heterocycles. The van der Waals surface area contributed by atoms with E-state index < -0.39 is 11.5 Å². The number of carbonyl (C=O) groups is 1. The molecule has 0 amide bonds. The predicted octanol–water partition coefficient (Wildman–Crippen LogP) is -0.835. The minimum Gasteiger partial charge on any atom is -0.480 e. The molecule has 3 N–H and O–H groups in total. The second-order valence-electron chi connectivity index (χ2n) is 3.38. The van der Waals surface area contributed by atoms with Gasteiger partial charge in [0.15, 0.2) is 0 Å². The summed E-state index contributed by atoms with van der Waals surface area (Å²) in [4.78, 5) is 10.8. The summed E-state index contributed by atoms with van der Waals surface area (Å²) in [6, 6.07) is 0.497. The van der Waals surface area contributed by atoms with Gasteiger partial charge in [-0.25, -0.2) is 0 Å². The molecule has 0 aromatic carbocycles. The van der Waals surface area contributed by atoms with Crippen LogP contribution in [0.4, 0.5) is 0 Å². The summed E-state index contributed by atoms with van der Waals surface area (Å²) in [7, 11) is 0. The summed E-state index contributed by atoms with van der Waals surface area (Å²) in [5.41, 5.74) is -0.658. The zero-order valence-corrected chi connectivity index (χ0v) is 6.26. The van der Waals surface area contributed by atoms with E-state index >= 15 is 0 Å². The summed E-state index contributed by atoms with van der Waals surface area (Å²) in [5.74, 6) is -0.719. The number of hydrogen-bond donors (Lipinski definition) is 3. The Balaban J connectivity index is 2.18. The molecule has 2 bridgehead atoms. The lowest BCUT2D eigenvalue weighted by Crippen LogP contribution is -2.70. The Morgan fingerprint density at radius 1 is 1.64 bits per heavy atom. The first-order chi connectivity index (χ1) is 5.23. The number of nitrogens with one attached hydrogen (secondary N) is 2. The number of piperidine rings is 2. The molecule has 0 saturated carbocycles. The van der Waals surface area contributed by atoms with Gasteiger partial charge in [-0.1, -0.05) is 0 Å². The average molecular weight is 156 g/mol. The van der Waals surface area contributed by atoms with Crippen molar-refractivity contribution in [2.45, 2.75) is 24.4 Å². The number of hydrogen-bond acceptors (Lipinski definition) is 3. The van der Waals surface area contributed by atoms with E-state index in [1.807, 2.05) is 0 Å². The van der Waals surface area contributed by atoms with Crippen LogP contribution in [0, 0.1) is 0 Å². The summed E-state index contributed by atoms with van der Waals surface area (Å²) >= 11 is 0. The molecule has 3 fully saturated rings. The molecule has 4 nitrogen and oxygen atoms in total. The molecule has 62 valence electrons. The van der Waals surface area contributed by atoms with Crippen molar-refractivity contribution in [3.8, 4) is 0 Å². The van der Waals surface area contributed by atoms with Gasteiger partial charge in [-0.05, 0) is 12.8 Å². The third-order valence-electron chi connectivity index (χ3n) is 2.71. The van der Waals surface area contributed by atoms with Gasteiger partial charge in [0.1, 0.15) is 5.54 Å². The van der Waals surface area contributed by atoms with Crippen LogP contribution in [0.1, 0.15) is 12.8 Å². The number of rotatable bonds is 1. The van der Waals surface area contributed by atoms with Crippen LogP contribution >= 0.6 is 0 Å². The van der Waals surface area contributed by atoms with Gasteiger partial charge >= 0.3 is 5.97 Å². The first kappa shape index (κ1) is 7.06. The molecule has 0 aromatic rings.